The smallest absolute Gasteiger partial charge is 0.122 e. The number of nitrogens with zero attached hydrogens (tertiary/aromatic N) is 3. The Morgan fingerprint density at radius 2 is 1.33 bits per heavy atom. The van der Waals surface area contributed by atoms with E-state index in [2.05, 4.69) is 63.2 Å². The van der Waals surface area contributed by atoms with Crippen molar-refractivity contribution >= 4 is 47.8 Å². The molecule has 0 radical (unpaired) electrons. The quantitative estimate of drug-likeness (QED) is 0.736. The summed E-state index contributed by atoms with van der Waals surface area (Å²) >= 11 is 9.53. The Hall–Kier alpha value is 0.450. The van der Waals surface area contributed by atoms with Crippen molar-refractivity contribution in [2.45, 2.75) is 0 Å². The Morgan fingerprint density at radius 3 is 1.67 bits per heavy atom. The van der Waals surface area contributed by atoms with Crippen LogP contribution < -0.4 is 0 Å². The van der Waals surface area contributed by atoms with Crippen LogP contribution in [0.25, 0.3) is 0 Å². The molecular formula is C3Br3N3. The molecule has 1 aromatic rings. The normalized spacial score (nSPS) is 9.67. The van der Waals surface area contributed by atoms with Gasteiger partial charge < -0.3 is 0 Å². The lowest BCUT2D eigenvalue weighted by Gasteiger charge is -1.91. The molecule has 0 aliphatic rings. The number of hydrogen-bond donors (Lipinski definition) is 0. The van der Waals surface area contributed by atoms with Gasteiger partial charge in [-0.1, -0.05) is 0 Å². The van der Waals surface area contributed by atoms with Crippen molar-refractivity contribution in [2.75, 3.05) is 0 Å². The van der Waals surface area contributed by atoms with Gasteiger partial charge in [0.25, 0.3) is 0 Å². The Bertz CT molecular complexity index is 205. The molecule has 1 aromatic heterocycles. The second kappa shape index (κ2) is 3.03. The van der Waals surface area contributed by atoms with Gasteiger partial charge >= 0.3 is 0 Å². The number of halogens is 3. The fourth-order valence-electron chi connectivity index (χ4n) is 0.274. The maximum Gasteiger partial charge on any atom is 0.147 e. The minimum Gasteiger partial charge on any atom is -0.122 e. The van der Waals surface area contributed by atoms with Crippen LogP contribution in [0.5, 0.6) is 0 Å². The van der Waals surface area contributed by atoms with Crippen LogP contribution in [0.2, 0.25) is 0 Å². The minimum absolute atomic E-state index is 0.643. The summed E-state index contributed by atoms with van der Waals surface area (Å²) in [5.74, 6) is 0. The third-order valence-corrected chi connectivity index (χ3v) is 3.55. The molecule has 6 heteroatoms. The first-order valence-corrected chi connectivity index (χ1v) is 4.29. The maximum atomic E-state index is 3.62. The highest BCUT2D eigenvalue weighted by Crippen LogP contribution is 2.25. The van der Waals surface area contributed by atoms with Crippen LogP contribution in [0.15, 0.2) is 13.7 Å². The Labute approximate surface area is 76.6 Å². The van der Waals surface area contributed by atoms with Crippen LogP contribution in [0.4, 0.5) is 0 Å². The van der Waals surface area contributed by atoms with Gasteiger partial charge in [-0.3, -0.25) is 0 Å². The Kier molecular flexibility index (Phi) is 2.54. The second-order valence-corrected chi connectivity index (χ2v) is 3.48. The first-order valence-electron chi connectivity index (χ1n) is 1.91. The summed E-state index contributed by atoms with van der Waals surface area (Å²) in [6.45, 7) is 0. The Balaban J connectivity index is 3.25. The molecule has 0 fully saturated rings. The van der Waals surface area contributed by atoms with Gasteiger partial charge in [-0.05, 0) is 53.0 Å². The molecule has 0 saturated heterocycles. The second-order valence-electron chi connectivity index (χ2n) is 1.19. The van der Waals surface area contributed by atoms with Crippen LogP contribution in [-0.4, -0.2) is 15.4 Å². The van der Waals surface area contributed by atoms with Gasteiger partial charge in [0.2, 0.25) is 0 Å². The van der Waals surface area contributed by atoms with E-state index in [9.17, 15) is 0 Å². The standard InChI is InChI=1S/C3Br3N3/c4-1-2(5)7-9-8-3(1)6. The molecule has 3 nitrogen and oxygen atoms in total. The lowest BCUT2D eigenvalue weighted by molar-refractivity contribution is 0.826. The molecule has 0 aromatic carbocycles. The molecule has 0 unspecified atom stereocenters. The van der Waals surface area contributed by atoms with Crippen molar-refractivity contribution in [3.05, 3.63) is 13.7 Å². The zero-order chi connectivity index (χ0) is 6.85. The van der Waals surface area contributed by atoms with E-state index in [4.69, 9.17) is 0 Å². The van der Waals surface area contributed by atoms with Crippen molar-refractivity contribution in [3.63, 3.8) is 0 Å². The average molecular weight is 318 g/mol. The van der Waals surface area contributed by atoms with Gasteiger partial charge in [0, 0.05) is 0 Å². The monoisotopic (exact) mass is 315 g/mol. The highest BCUT2D eigenvalue weighted by atomic mass is 79.9. The number of rotatable bonds is 0. The maximum absolute atomic E-state index is 3.62. The van der Waals surface area contributed by atoms with Crippen molar-refractivity contribution in [1.29, 1.82) is 0 Å². The van der Waals surface area contributed by atoms with E-state index in [1.54, 1.807) is 0 Å². The summed E-state index contributed by atoms with van der Waals surface area (Å²) in [7, 11) is 0. The summed E-state index contributed by atoms with van der Waals surface area (Å²) in [6, 6.07) is 0. The van der Waals surface area contributed by atoms with Gasteiger partial charge in [-0.2, -0.15) is 0 Å². The predicted molar refractivity (Wildman–Crippen MR) is 42.9 cm³/mol. The molecule has 0 aliphatic heterocycles. The predicted octanol–water partition coefficient (Wildman–Crippen LogP) is 2.16. The zero-order valence-corrected chi connectivity index (χ0v) is 8.73. The molecule has 1 heterocycles. The van der Waals surface area contributed by atoms with E-state index in [-0.39, 0.29) is 0 Å². The molecule has 0 amide bonds. The summed E-state index contributed by atoms with van der Waals surface area (Å²) in [5, 5.41) is 10.7. The van der Waals surface area contributed by atoms with Crippen molar-refractivity contribution in [3.8, 4) is 0 Å². The van der Waals surface area contributed by atoms with Crippen LogP contribution in [-0.2, 0) is 0 Å². The van der Waals surface area contributed by atoms with Crippen LogP contribution in [0.3, 0.4) is 0 Å². The van der Waals surface area contributed by atoms with Gasteiger partial charge in [0.15, 0.2) is 0 Å². The lowest BCUT2D eigenvalue weighted by atomic mass is 10.7. The molecule has 0 N–H and O–H groups in total. The fourth-order valence-corrected chi connectivity index (χ4v) is 1.22. The Morgan fingerprint density at radius 1 is 0.889 bits per heavy atom. The molecule has 0 spiro atoms. The van der Waals surface area contributed by atoms with E-state index in [0.717, 1.165) is 4.47 Å². The summed E-state index contributed by atoms with van der Waals surface area (Å²) in [4.78, 5) is 0. The fraction of sp³-hybridized carbons (Fsp3) is 0. The van der Waals surface area contributed by atoms with Crippen LogP contribution >= 0.6 is 47.8 Å². The zero-order valence-electron chi connectivity index (χ0n) is 3.98. The van der Waals surface area contributed by atoms with Gasteiger partial charge in [-0.15, -0.1) is 10.2 Å². The topological polar surface area (TPSA) is 38.7 Å². The minimum atomic E-state index is 0.643. The molecule has 0 aliphatic carbocycles. The SMILES string of the molecule is Brc1nnnc(Br)c1Br. The summed E-state index contributed by atoms with van der Waals surface area (Å²) in [5.41, 5.74) is 0. The molecule has 0 atom stereocenters. The highest BCUT2D eigenvalue weighted by molar-refractivity contribution is 9.14. The third-order valence-electron chi connectivity index (χ3n) is 0.627. The van der Waals surface area contributed by atoms with E-state index in [1.807, 2.05) is 0 Å². The van der Waals surface area contributed by atoms with Crippen LogP contribution in [0, 0.1) is 0 Å². The molecule has 9 heavy (non-hydrogen) atoms. The first-order chi connectivity index (χ1) is 4.22. The van der Waals surface area contributed by atoms with Crippen molar-refractivity contribution in [2.24, 2.45) is 0 Å². The van der Waals surface area contributed by atoms with Crippen molar-refractivity contribution < 1.29 is 0 Å². The van der Waals surface area contributed by atoms with Gasteiger partial charge in [0.1, 0.15) is 9.21 Å². The number of hydrogen-bond acceptors (Lipinski definition) is 3. The third kappa shape index (κ3) is 1.68. The highest BCUT2D eigenvalue weighted by Gasteiger charge is 2.02. The summed E-state index contributed by atoms with van der Waals surface area (Å²) in [6.07, 6.45) is 0. The van der Waals surface area contributed by atoms with Gasteiger partial charge in [0.05, 0.1) is 4.47 Å². The van der Waals surface area contributed by atoms with E-state index < -0.39 is 0 Å². The average Bonchev–Trinajstić information content (AvgIpc) is 1.83. The molecule has 0 saturated carbocycles. The molecule has 48 valence electrons. The van der Waals surface area contributed by atoms with Crippen LogP contribution in [0.1, 0.15) is 0 Å². The van der Waals surface area contributed by atoms with E-state index in [0.29, 0.717) is 9.21 Å². The van der Waals surface area contributed by atoms with E-state index in [1.165, 1.54) is 0 Å². The van der Waals surface area contributed by atoms with Gasteiger partial charge in [-0.25, -0.2) is 0 Å². The molecule has 1 rings (SSSR count). The molecular weight excluding hydrogens is 318 g/mol. The van der Waals surface area contributed by atoms with E-state index >= 15 is 0 Å². The summed E-state index contributed by atoms with van der Waals surface area (Å²) < 4.78 is 2.06. The lowest BCUT2D eigenvalue weighted by Crippen LogP contribution is -1.88. The number of aromatic nitrogens is 3. The van der Waals surface area contributed by atoms with Crippen molar-refractivity contribution in [1.82, 2.24) is 15.4 Å². The molecule has 0 bridgehead atoms. The first kappa shape index (κ1) is 7.56. The largest absolute Gasteiger partial charge is 0.147 e.